The summed E-state index contributed by atoms with van der Waals surface area (Å²) >= 11 is 0. The zero-order chi connectivity index (χ0) is 59.9. The highest BCUT2D eigenvalue weighted by Crippen LogP contribution is 2.18. The van der Waals surface area contributed by atoms with E-state index in [4.69, 9.17) is 14.2 Å². The number of allylic oxidation sites excluding steroid dienone is 16. The summed E-state index contributed by atoms with van der Waals surface area (Å²) in [5.74, 6) is -0.885. The van der Waals surface area contributed by atoms with Gasteiger partial charge in [0.15, 0.2) is 6.10 Å². The van der Waals surface area contributed by atoms with Crippen LogP contribution in [0.3, 0.4) is 0 Å². The fourth-order valence-electron chi connectivity index (χ4n) is 10.2. The molecule has 0 aliphatic heterocycles. The first-order valence-electron chi connectivity index (χ1n) is 35.7. The van der Waals surface area contributed by atoms with Crippen LogP contribution in [0.4, 0.5) is 0 Å². The molecule has 0 saturated carbocycles. The van der Waals surface area contributed by atoms with Gasteiger partial charge in [-0.2, -0.15) is 0 Å². The number of rotatable bonds is 65. The van der Waals surface area contributed by atoms with Crippen LogP contribution in [0.2, 0.25) is 0 Å². The lowest BCUT2D eigenvalue weighted by Crippen LogP contribution is -2.30. The molecule has 1 unspecified atom stereocenters. The first-order valence-corrected chi connectivity index (χ1v) is 35.7. The van der Waals surface area contributed by atoms with Gasteiger partial charge in [-0.25, -0.2) is 0 Å². The molecule has 0 aliphatic rings. The average molecular weight is 1160 g/mol. The standard InChI is InChI=1S/C77H134O6/c1-4-7-10-13-16-19-22-25-27-29-31-33-35-37-38-39-40-41-43-44-46-48-50-52-55-58-61-64-67-70-76(79)82-73-74(72-81-75(78)69-66-63-60-57-54-24-21-18-15-12-9-6-3)83-77(80)71-68-65-62-59-56-53-51-49-47-45-42-36-34-32-30-28-26-23-20-17-14-11-8-5-2/h7,10,16,18-19,21,25,27,31,33,37-38,40-41,44,46,74H,4-6,8-9,11-15,17,20,22-24,26,28-30,32,34-36,39,42-43,45,47-73H2,1-3H3/b10-7-,19-16-,21-18-,27-25-,33-31-,38-37-,41-40-,46-44-. The fraction of sp³-hybridized carbons (Fsp3) is 0.753. The van der Waals surface area contributed by atoms with Crippen LogP contribution in [0.1, 0.15) is 355 Å². The summed E-state index contributed by atoms with van der Waals surface area (Å²) in [6.07, 6.45) is 95.8. The molecule has 478 valence electrons. The van der Waals surface area contributed by atoms with Crippen molar-refractivity contribution in [2.75, 3.05) is 13.2 Å². The molecular weight excluding hydrogens is 1020 g/mol. The van der Waals surface area contributed by atoms with Gasteiger partial charge >= 0.3 is 17.9 Å². The molecule has 83 heavy (non-hydrogen) atoms. The summed E-state index contributed by atoms with van der Waals surface area (Å²) in [6.45, 7) is 6.53. The molecule has 0 aromatic heterocycles. The van der Waals surface area contributed by atoms with E-state index >= 15 is 0 Å². The summed E-state index contributed by atoms with van der Waals surface area (Å²) in [5.41, 5.74) is 0. The van der Waals surface area contributed by atoms with E-state index < -0.39 is 6.10 Å². The van der Waals surface area contributed by atoms with Crippen LogP contribution in [0.5, 0.6) is 0 Å². The smallest absolute Gasteiger partial charge is 0.306 e. The lowest BCUT2D eigenvalue weighted by Gasteiger charge is -2.18. The third-order valence-corrected chi connectivity index (χ3v) is 15.6. The Morgan fingerprint density at radius 2 is 0.470 bits per heavy atom. The zero-order valence-electron chi connectivity index (χ0n) is 54.9. The SMILES string of the molecule is CC/C=C\C/C=C\C/C=C\C/C=C\C/C=C\C/C=C\C/C=C\CCCCCCCCCC(=O)OCC(COC(=O)CCCCCCC/C=C\CCCCC)OC(=O)CCCCCCCCCCCCCCCCCCCCCCCCCC. The number of carbonyl (C=O) groups excluding carboxylic acids is 3. The predicted octanol–water partition coefficient (Wildman–Crippen LogP) is 24.8. The van der Waals surface area contributed by atoms with Crippen LogP contribution < -0.4 is 0 Å². The van der Waals surface area contributed by atoms with Crippen LogP contribution in [-0.2, 0) is 28.6 Å². The Hall–Kier alpha value is -3.67. The van der Waals surface area contributed by atoms with E-state index in [-0.39, 0.29) is 31.1 Å². The molecule has 0 fully saturated rings. The van der Waals surface area contributed by atoms with Crippen molar-refractivity contribution in [2.45, 2.75) is 361 Å². The van der Waals surface area contributed by atoms with Crippen LogP contribution >= 0.6 is 0 Å². The Morgan fingerprint density at radius 1 is 0.253 bits per heavy atom. The molecule has 0 saturated heterocycles. The second-order valence-electron chi connectivity index (χ2n) is 23.8. The normalized spacial score (nSPS) is 12.7. The topological polar surface area (TPSA) is 78.9 Å². The molecule has 0 heterocycles. The van der Waals surface area contributed by atoms with Crippen LogP contribution in [-0.4, -0.2) is 37.2 Å². The van der Waals surface area contributed by atoms with E-state index in [9.17, 15) is 14.4 Å². The van der Waals surface area contributed by atoms with Gasteiger partial charge in [-0.15, -0.1) is 0 Å². The van der Waals surface area contributed by atoms with Crippen LogP contribution in [0.25, 0.3) is 0 Å². The van der Waals surface area contributed by atoms with Crippen molar-refractivity contribution in [3.05, 3.63) is 97.2 Å². The molecule has 0 radical (unpaired) electrons. The van der Waals surface area contributed by atoms with E-state index in [1.165, 1.54) is 199 Å². The van der Waals surface area contributed by atoms with Crippen molar-refractivity contribution in [3.63, 3.8) is 0 Å². The molecule has 0 aromatic rings. The third kappa shape index (κ3) is 69.0. The van der Waals surface area contributed by atoms with E-state index in [0.717, 1.165) is 116 Å². The lowest BCUT2D eigenvalue weighted by atomic mass is 10.0. The monoisotopic (exact) mass is 1160 g/mol. The second-order valence-corrected chi connectivity index (χ2v) is 23.8. The Balaban J connectivity index is 4.28. The minimum absolute atomic E-state index is 0.0822. The quantitative estimate of drug-likeness (QED) is 0.0261. The van der Waals surface area contributed by atoms with Gasteiger partial charge in [-0.05, 0) is 103 Å². The van der Waals surface area contributed by atoms with Gasteiger partial charge in [0, 0.05) is 19.3 Å². The fourth-order valence-corrected chi connectivity index (χ4v) is 10.2. The summed E-state index contributed by atoms with van der Waals surface area (Å²) in [5, 5.41) is 0. The van der Waals surface area contributed by atoms with Crippen molar-refractivity contribution >= 4 is 17.9 Å². The molecule has 1 atom stereocenters. The Kier molecular flexibility index (Phi) is 67.7. The number of hydrogen-bond donors (Lipinski definition) is 0. The van der Waals surface area contributed by atoms with Crippen molar-refractivity contribution in [2.24, 2.45) is 0 Å². The first-order chi connectivity index (χ1) is 41.0. The summed E-state index contributed by atoms with van der Waals surface area (Å²) in [4.78, 5) is 38.4. The Morgan fingerprint density at radius 3 is 0.771 bits per heavy atom. The maximum atomic E-state index is 13.0. The average Bonchev–Trinajstić information content (AvgIpc) is 3.49. The molecule has 0 aromatic carbocycles. The molecule has 0 bridgehead atoms. The number of unbranched alkanes of at least 4 members (excludes halogenated alkanes) is 38. The van der Waals surface area contributed by atoms with Gasteiger partial charge in [0.25, 0.3) is 0 Å². The first kappa shape index (κ1) is 79.3. The maximum absolute atomic E-state index is 13.0. The minimum Gasteiger partial charge on any atom is -0.462 e. The van der Waals surface area contributed by atoms with Crippen molar-refractivity contribution in [3.8, 4) is 0 Å². The van der Waals surface area contributed by atoms with Crippen molar-refractivity contribution in [1.29, 1.82) is 0 Å². The Labute approximate surface area is 515 Å². The van der Waals surface area contributed by atoms with Gasteiger partial charge in [0.2, 0.25) is 0 Å². The predicted molar refractivity (Wildman–Crippen MR) is 362 cm³/mol. The maximum Gasteiger partial charge on any atom is 0.306 e. The highest BCUT2D eigenvalue weighted by atomic mass is 16.6. The van der Waals surface area contributed by atoms with Gasteiger partial charge in [0.05, 0.1) is 0 Å². The molecule has 6 nitrogen and oxygen atoms in total. The van der Waals surface area contributed by atoms with E-state index in [0.29, 0.717) is 19.3 Å². The third-order valence-electron chi connectivity index (χ3n) is 15.6. The number of hydrogen-bond acceptors (Lipinski definition) is 6. The molecule has 0 N–H and O–H groups in total. The minimum atomic E-state index is -0.786. The van der Waals surface area contributed by atoms with E-state index in [1.54, 1.807) is 0 Å². The van der Waals surface area contributed by atoms with Gasteiger partial charge in [-0.3, -0.25) is 14.4 Å². The molecule has 0 rings (SSSR count). The Bertz CT molecular complexity index is 1610. The van der Waals surface area contributed by atoms with Crippen molar-refractivity contribution < 1.29 is 28.6 Å². The van der Waals surface area contributed by atoms with Gasteiger partial charge < -0.3 is 14.2 Å². The molecule has 0 aliphatic carbocycles. The highest BCUT2D eigenvalue weighted by Gasteiger charge is 2.19. The number of ether oxygens (including phenoxy) is 3. The number of esters is 3. The molecule has 0 amide bonds. The summed E-state index contributed by atoms with van der Waals surface area (Å²) in [6, 6.07) is 0. The lowest BCUT2D eigenvalue weighted by molar-refractivity contribution is -0.167. The highest BCUT2D eigenvalue weighted by molar-refractivity contribution is 5.71. The molecule has 0 spiro atoms. The molecular formula is C77H134O6. The second kappa shape index (κ2) is 70.8. The van der Waals surface area contributed by atoms with Gasteiger partial charge in [-0.1, -0.05) is 330 Å². The van der Waals surface area contributed by atoms with E-state index in [1.807, 2.05) is 0 Å². The van der Waals surface area contributed by atoms with Crippen LogP contribution in [0, 0.1) is 0 Å². The largest absolute Gasteiger partial charge is 0.462 e. The number of carbonyl (C=O) groups is 3. The van der Waals surface area contributed by atoms with Crippen LogP contribution in [0.15, 0.2) is 97.2 Å². The van der Waals surface area contributed by atoms with Gasteiger partial charge in [0.1, 0.15) is 13.2 Å². The summed E-state index contributed by atoms with van der Waals surface area (Å²) in [7, 11) is 0. The molecule has 6 heteroatoms. The van der Waals surface area contributed by atoms with E-state index in [2.05, 4.69) is 118 Å². The van der Waals surface area contributed by atoms with Crippen molar-refractivity contribution in [1.82, 2.24) is 0 Å². The summed E-state index contributed by atoms with van der Waals surface area (Å²) < 4.78 is 17.0. The zero-order valence-corrected chi connectivity index (χ0v) is 54.9.